The summed E-state index contributed by atoms with van der Waals surface area (Å²) in [7, 11) is 0. The number of thiazole rings is 1. The molecule has 104 valence electrons. The van der Waals surface area contributed by atoms with E-state index in [9.17, 15) is 10.1 Å². The molecule has 0 amide bonds. The first kappa shape index (κ1) is 13.5. The first-order valence-corrected chi connectivity index (χ1v) is 7.29. The van der Waals surface area contributed by atoms with E-state index >= 15 is 0 Å². The Morgan fingerprint density at radius 3 is 2.62 bits per heavy atom. The molecule has 0 unspecified atom stereocenters. The third kappa shape index (κ3) is 2.68. The molecule has 2 aromatic carbocycles. The second-order valence-corrected chi connectivity index (χ2v) is 5.52. The number of non-ortho nitro benzene ring substituents is 1. The molecule has 0 bridgehead atoms. The molecule has 0 N–H and O–H groups in total. The molecule has 0 saturated heterocycles. The summed E-state index contributed by atoms with van der Waals surface area (Å²) in [5.41, 5.74) is 3.82. The summed E-state index contributed by atoms with van der Waals surface area (Å²) in [5.74, 6) is 0. The molecular formula is C16H12N2O2S. The van der Waals surface area contributed by atoms with Gasteiger partial charge in [0.1, 0.15) is 5.01 Å². The largest absolute Gasteiger partial charge is 0.270 e. The van der Waals surface area contributed by atoms with Crippen molar-refractivity contribution in [3.05, 3.63) is 69.6 Å². The van der Waals surface area contributed by atoms with Crippen molar-refractivity contribution in [1.82, 2.24) is 4.98 Å². The Balaban J connectivity index is 2.04. The van der Waals surface area contributed by atoms with Crippen LogP contribution in [0.4, 0.5) is 5.69 Å². The van der Waals surface area contributed by atoms with Crippen molar-refractivity contribution in [2.24, 2.45) is 0 Å². The van der Waals surface area contributed by atoms with Crippen LogP contribution in [0.5, 0.6) is 0 Å². The maximum absolute atomic E-state index is 10.9. The zero-order valence-electron chi connectivity index (χ0n) is 11.3. The van der Waals surface area contributed by atoms with Crippen LogP contribution >= 0.6 is 11.3 Å². The molecule has 0 fully saturated rings. The molecule has 4 nitrogen and oxygen atoms in total. The van der Waals surface area contributed by atoms with Crippen molar-refractivity contribution in [2.75, 3.05) is 0 Å². The second-order valence-electron chi connectivity index (χ2n) is 4.66. The minimum absolute atomic E-state index is 0.0899. The van der Waals surface area contributed by atoms with Crippen LogP contribution in [0.3, 0.4) is 0 Å². The lowest BCUT2D eigenvalue weighted by molar-refractivity contribution is -0.384. The highest BCUT2D eigenvalue weighted by molar-refractivity contribution is 7.13. The molecule has 1 heterocycles. The van der Waals surface area contributed by atoms with Crippen molar-refractivity contribution in [3.63, 3.8) is 0 Å². The van der Waals surface area contributed by atoms with Gasteiger partial charge in [-0.2, -0.15) is 0 Å². The summed E-state index contributed by atoms with van der Waals surface area (Å²) in [6.07, 6.45) is 0. The number of rotatable bonds is 3. The lowest BCUT2D eigenvalue weighted by Crippen LogP contribution is -1.90. The molecule has 0 atom stereocenters. The molecule has 0 spiro atoms. The number of nitro groups is 1. The van der Waals surface area contributed by atoms with Crippen LogP contribution < -0.4 is 0 Å². The number of nitro benzene ring substituents is 1. The highest BCUT2D eigenvalue weighted by Crippen LogP contribution is 2.32. The Bertz CT molecular complexity index is 797. The van der Waals surface area contributed by atoms with Gasteiger partial charge >= 0.3 is 0 Å². The molecule has 0 radical (unpaired) electrons. The van der Waals surface area contributed by atoms with E-state index in [-0.39, 0.29) is 10.6 Å². The Morgan fingerprint density at radius 2 is 1.90 bits per heavy atom. The molecule has 21 heavy (non-hydrogen) atoms. The first-order chi connectivity index (χ1) is 10.1. The molecular weight excluding hydrogens is 284 g/mol. The summed E-state index contributed by atoms with van der Waals surface area (Å²) in [5, 5.41) is 13.7. The van der Waals surface area contributed by atoms with Crippen LogP contribution in [-0.2, 0) is 0 Å². The normalized spacial score (nSPS) is 10.5. The molecule has 0 aliphatic carbocycles. The van der Waals surface area contributed by atoms with Gasteiger partial charge in [0.05, 0.1) is 10.6 Å². The van der Waals surface area contributed by atoms with Crippen molar-refractivity contribution in [2.45, 2.75) is 6.92 Å². The van der Waals surface area contributed by atoms with E-state index in [1.54, 1.807) is 12.1 Å². The summed E-state index contributed by atoms with van der Waals surface area (Å²) in [6.45, 7) is 1.93. The average Bonchev–Trinajstić information content (AvgIpc) is 2.98. The Kier molecular flexibility index (Phi) is 3.50. The monoisotopic (exact) mass is 296 g/mol. The molecule has 1 aromatic heterocycles. The highest BCUT2D eigenvalue weighted by Gasteiger charge is 2.13. The fourth-order valence-corrected chi connectivity index (χ4v) is 3.00. The van der Waals surface area contributed by atoms with Gasteiger partial charge in [0.25, 0.3) is 5.69 Å². The van der Waals surface area contributed by atoms with E-state index in [4.69, 9.17) is 0 Å². The summed E-state index contributed by atoms with van der Waals surface area (Å²) < 4.78 is 0. The predicted molar refractivity (Wildman–Crippen MR) is 84.4 cm³/mol. The lowest BCUT2D eigenvalue weighted by Gasteiger charge is -2.02. The zero-order chi connectivity index (χ0) is 14.8. The van der Waals surface area contributed by atoms with Crippen LogP contribution in [0.2, 0.25) is 0 Å². The van der Waals surface area contributed by atoms with Gasteiger partial charge in [0.15, 0.2) is 0 Å². The summed E-state index contributed by atoms with van der Waals surface area (Å²) in [4.78, 5) is 15.1. The van der Waals surface area contributed by atoms with Crippen LogP contribution in [0.1, 0.15) is 5.56 Å². The van der Waals surface area contributed by atoms with Gasteiger partial charge in [-0.05, 0) is 12.5 Å². The van der Waals surface area contributed by atoms with Crippen LogP contribution in [0.25, 0.3) is 21.8 Å². The van der Waals surface area contributed by atoms with Gasteiger partial charge in [-0.3, -0.25) is 10.1 Å². The Labute approximate surface area is 125 Å². The third-order valence-corrected chi connectivity index (χ3v) is 4.11. The molecule has 0 aliphatic rings. The lowest BCUT2D eigenvalue weighted by atomic mass is 10.1. The average molecular weight is 296 g/mol. The number of aryl methyl sites for hydroxylation is 1. The minimum atomic E-state index is -0.380. The maximum atomic E-state index is 10.9. The predicted octanol–water partition coefficient (Wildman–Crippen LogP) is 4.69. The van der Waals surface area contributed by atoms with Crippen molar-refractivity contribution in [3.8, 4) is 21.8 Å². The molecule has 0 aliphatic heterocycles. The number of hydrogen-bond donors (Lipinski definition) is 0. The zero-order valence-corrected chi connectivity index (χ0v) is 12.1. The van der Waals surface area contributed by atoms with Gasteiger partial charge in [0, 0.05) is 28.6 Å². The van der Waals surface area contributed by atoms with Crippen LogP contribution in [0, 0.1) is 17.0 Å². The molecule has 5 heteroatoms. The van der Waals surface area contributed by atoms with Crippen molar-refractivity contribution < 1.29 is 4.92 Å². The highest BCUT2D eigenvalue weighted by atomic mass is 32.1. The number of aromatic nitrogens is 1. The number of benzene rings is 2. The van der Waals surface area contributed by atoms with Crippen molar-refractivity contribution >= 4 is 17.0 Å². The van der Waals surface area contributed by atoms with Gasteiger partial charge in [-0.25, -0.2) is 4.98 Å². The Morgan fingerprint density at radius 1 is 1.14 bits per heavy atom. The van der Waals surface area contributed by atoms with Crippen LogP contribution in [-0.4, -0.2) is 9.91 Å². The quantitative estimate of drug-likeness (QED) is 0.520. The fraction of sp³-hybridized carbons (Fsp3) is 0.0625. The fourth-order valence-electron chi connectivity index (χ4n) is 2.09. The maximum Gasteiger partial charge on any atom is 0.270 e. The van der Waals surface area contributed by atoms with Crippen molar-refractivity contribution in [1.29, 1.82) is 0 Å². The van der Waals surface area contributed by atoms with Gasteiger partial charge in [-0.15, -0.1) is 11.3 Å². The topological polar surface area (TPSA) is 56.0 Å². The van der Waals surface area contributed by atoms with E-state index in [0.717, 1.165) is 27.4 Å². The molecule has 3 aromatic rings. The smallest absolute Gasteiger partial charge is 0.258 e. The third-order valence-electron chi connectivity index (χ3n) is 3.24. The van der Waals surface area contributed by atoms with E-state index in [2.05, 4.69) is 4.98 Å². The standard InChI is InChI=1S/C16H12N2O2S/c1-11-7-8-13(18(19)20)9-14(11)16-17-15(10-21-16)12-5-3-2-4-6-12/h2-10H,1H3. The van der Waals surface area contributed by atoms with E-state index in [1.807, 2.05) is 42.6 Å². The van der Waals surface area contributed by atoms with E-state index in [1.165, 1.54) is 17.4 Å². The first-order valence-electron chi connectivity index (χ1n) is 6.41. The van der Waals surface area contributed by atoms with E-state index in [0.29, 0.717) is 0 Å². The SMILES string of the molecule is Cc1ccc([N+](=O)[O-])cc1-c1nc(-c2ccccc2)cs1. The molecule has 0 saturated carbocycles. The number of nitrogens with zero attached hydrogens (tertiary/aromatic N) is 2. The van der Waals surface area contributed by atoms with Crippen LogP contribution in [0.15, 0.2) is 53.9 Å². The van der Waals surface area contributed by atoms with Gasteiger partial charge < -0.3 is 0 Å². The Hall–Kier alpha value is -2.53. The summed E-state index contributed by atoms with van der Waals surface area (Å²) in [6, 6.07) is 14.8. The minimum Gasteiger partial charge on any atom is -0.258 e. The van der Waals surface area contributed by atoms with Gasteiger partial charge in [0.2, 0.25) is 0 Å². The van der Waals surface area contributed by atoms with Gasteiger partial charge in [-0.1, -0.05) is 36.4 Å². The number of hydrogen-bond acceptors (Lipinski definition) is 4. The summed E-state index contributed by atoms with van der Waals surface area (Å²) >= 11 is 1.50. The second kappa shape index (κ2) is 5.46. The van der Waals surface area contributed by atoms with E-state index < -0.39 is 0 Å². The molecule has 3 rings (SSSR count).